The quantitative estimate of drug-likeness (QED) is 0.633. The van der Waals surface area contributed by atoms with E-state index in [-0.39, 0.29) is 11.9 Å². The Morgan fingerprint density at radius 2 is 1.91 bits per heavy atom. The molecule has 1 fully saturated rings. The van der Waals surface area contributed by atoms with Gasteiger partial charge >= 0.3 is 0 Å². The summed E-state index contributed by atoms with van der Waals surface area (Å²) in [6, 6.07) is 11.0. The summed E-state index contributed by atoms with van der Waals surface area (Å²) >= 11 is 0. The second-order valence-corrected chi connectivity index (χ2v) is 5.37. The summed E-state index contributed by atoms with van der Waals surface area (Å²) in [6.45, 7) is 1.68. The van der Waals surface area contributed by atoms with E-state index < -0.39 is 11.9 Å². The first-order valence-electron chi connectivity index (χ1n) is 7.35. The van der Waals surface area contributed by atoms with E-state index in [0.29, 0.717) is 17.7 Å². The predicted octanol–water partition coefficient (Wildman–Crippen LogP) is 0.957. The highest BCUT2D eigenvalue weighted by Crippen LogP contribution is 2.21. The van der Waals surface area contributed by atoms with Crippen molar-refractivity contribution < 1.29 is 14.0 Å². The minimum Gasteiger partial charge on any atom is -0.469 e. The lowest BCUT2D eigenvalue weighted by Crippen LogP contribution is -2.50. The Kier molecular flexibility index (Phi) is 4.40. The lowest BCUT2D eigenvalue weighted by molar-refractivity contribution is -0.123. The average Bonchev–Trinajstić information content (AvgIpc) is 3.22. The van der Waals surface area contributed by atoms with E-state index in [1.54, 1.807) is 13.0 Å². The summed E-state index contributed by atoms with van der Waals surface area (Å²) in [5, 5.41) is 0. The van der Waals surface area contributed by atoms with E-state index in [0.717, 1.165) is 5.56 Å². The molecule has 0 aliphatic carbocycles. The highest BCUT2D eigenvalue weighted by molar-refractivity contribution is 5.96. The second kappa shape index (κ2) is 6.64. The SMILES string of the molecule is Cc1occc1C(=O)NNC(=O)C1CC(c2ccccc2)NN1. The molecule has 0 saturated carbocycles. The van der Waals surface area contributed by atoms with Gasteiger partial charge in [-0.15, -0.1) is 0 Å². The lowest BCUT2D eigenvalue weighted by atomic mass is 10.0. The molecule has 1 aliphatic rings. The Morgan fingerprint density at radius 3 is 2.61 bits per heavy atom. The molecule has 7 heteroatoms. The third kappa shape index (κ3) is 3.41. The maximum atomic E-state index is 12.1. The highest BCUT2D eigenvalue weighted by Gasteiger charge is 2.30. The van der Waals surface area contributed by atoms with Gasteiger partial charge in [0.1, 0.15) is 11.8 Å². The normalized spacial score (nSPS) is 20.2. The number of hydrazine groups is 2. The molecule has 2 atom stereocenters. The molecule has 2 amide bonds. The largest absolute Gasteiger partial charge is 0.469 e. The molecule has 3 rings (SSSR count). The number of aryl methyl sites for hydroxylation is 1. The summed E-state index contributed by atoms with van der Waals surface area (Å²) in [7, 11) is 0. The van der Waals surface area contributed by atoms with Gasteiger partial charge in [-0.2, -0.15) is 0 Å². The van der Waals surface area contributed by atoms with Crippen molar-refractivity contribution in [2.75, 3.05) is 0 Å². The van der Waals surface area contributed by atoms with Crippen molar-refractivity contribution in [2.45, 2.75) is 25.4 Å². The number of benzene rings is 1. The number of carbonyl (C=O) groups is 2. The summed E-state index contributed by atoms with van der Waals surface area (Å²) in [5.74, 6) is -0.206. The molecule has 1 saturated heterocycles. The predicted molar refractivity (Wildman–Crippen MR) is 82.9 cm³/mol. The van der Waals surface area contributed by atoms with E-state index in [1.165, 1.54) is 6.26 Å². The van der Waals surface area contributed by atoms with Crippen molar-refractivity contribution in [1.82, 2.24) is 21.7 Å². The van der Waals surface area contributed by atoms with Gasteiger partial charge in [-0.05, 0) is 25.0 Å². The van der Waals surface area contributed by atoms with Crippen molar-refractivity contribution in [3.63, 3.8) is 0 Å². The van der Waals surface area contributed by atoms with Crippen LogP contribution in [0.25, 0.3) is 0 Å². The average molecular weight is 314 g/mol. The van der Waals surface area contributed by atoms with Gasteiger partial charge in [0.2, 0.25) is 0 Å². The number of furan rings is 1. The van der Waals surface area contributed by atoms with Crippen LogP contribution in [0.1, 0.15) is 34.1 Å². The lowest BCUT2D eigenvalue weighted by Gasteiger charge is -2.11. The molecule has 0 spiro atoms. The maximum absolute atomic E-state index is 12.1. The monoisotopic (exact) mass is 314 g/mol. The third-order valence-electron chi connectivity index (χ3n) is 3.82. The van der Waals surface area contributed by atoms with Gasteiger partial charge in [0.05, 0.1) is 11.8 Å². The fourth-order valence-electron chi connectivity index (χ4n) is 2.53. The van der Waals surface area contributed by atoms with E-state index >= 15 is 0 Å². The van der Waals surface area contributed by atoms with Crippen molar-refractivity contribution in [3.05, 3.63) is 59.5 Å². The number of rotatable bonds is 3. The molecule has 23 heavy (non-hydrogen) atoms. The Labute approximate surface area is 133 Å². The third-order valence-corrected chi connectivity index (χ3v) is 3.82. The van der Waals surface area contributed by atoms with Gasteiger partial charge in [-0.3, -0.25) is 20.4 Å². The standard InChI is InChI=1S/C16H18N4O3/c1-10-12(7-8-23-10)15(21)19-20-16(22)14-9-13(17-18-14)11-5-3-2-4-6-11/h2-8,13-14,17-18H,9H2,1H3,(H,19,21)(H,20,22). The summed E-state index contributed by atoms with van der Waals surface area (Å²) < 4.78 is 5.06. The maximum Gasteiger partial charge on any atom is 0.273 e. The first-order chi connectivity index (χ1) is 11.1. The van der Waals surface area contributed by atoms with Crippen LogP contribution in [0.5, 0.6) is 0 Å². The van der Waals surface area contributed by atoms with Crippen LogP contribution >= 0.6 is 0 Å². The van der Waals surface area contributed by atoms with Crippen LogP contribution in [-0.2, 0) is 4.79 Å². The van der Waals surface area contributed by atoms with Gasteiger partial charge in [-0.1, -0.05) is 30.3 Å². The fraction of sp³-hybridized carbons (Fsp3) is 0.250. The molecule has 2 heterocycles. The molecule has 0 radical (unpaired) electrons. The van der Waals surface area contributed by atoms with Crippen LogP contribution in [0.2, 0.25) is 0 Å². The van der Waals surface area contributed by atoms with Crippen molar-refractivity contribution in [3.8, 4) is 0 Å². The smallest absolute Gasteiger partial charge is 0.273 e. The molecule has 120 valence electrons. The number of hydrogen-bond donors (Lipinski definition) is 4. The zero-order chi connectivity index (χ0) is 16.2. The molecule has 1 aliphatic heterocycles. The minimum atomic E-state index is -0.425. The first-order valence-corrected chi connectivity index (χ1v) is 7.35. The summed E-state index contributed by atoms with van der Waals surface area (Å²) in [4.78, 5) is 24.0. The topological polar surface area (TPSA) is 95.4 Å². The van der Waals surface area contributed by atoms with Crippen LogP contribution < -0.4 is 21.7 Å². The van der Waals surface area contributed by atoms with Gasteiger partial charge in [0.25, 0.3) is 11.8 Å². The molecule has 2 aromatic rings. The molecule has 4 N–H and O–H groups in total. The molecule has 2 unspecified atom stereocenters. The zero-order valence-corrected chi connectivity index (χ0v) is 12.6. The summed E-state index contributed by atoms with van der Waals surface area (Å²) in [6.07, 6.45) is 2.02. The highest BCUT2D eigenvalue weighted by atomic mass is 16.3. The molecule has 1 aromatic carbocycles. The summed E-state index contributed by atoms with van der Waals surface area (Å²) in [5.41, 5.74) is 12.4. The van der Waals surface area contributed by atoms with Gasteiger partial charge in [0.15, 0.2) is 0 Å². The Balaban J connectivity index is 1.52. The van der Waals surface area contributed by atoms with Crippen LogP contribution in [0.3, 0.4) is 0 Å². The zero-order valence-electron chi connectivity index (χ0n) is 12.6. The molecule has 0 bridgehead atoms. The molecular formula is C16H18N4O3. The van der Waals surface area contributed by atoms with Crippen molar-refractivity contribution >= 4 is 11.8 Å². The van der Waals surface area contributed by atoms with Crippen LogP contribution in [0.4, 0.5) is 0 Å². The fourth-order valence-corrected chi connectivity index (χ4v) is 2.53. The first kappa shape index (κ1) is 15.3. The van der Waals surface area contributed by atoms with Crippen molar-refractivity contribution in [2.24, 2.45) is 0 Å². The number of amides is 2. The molecule has 1 aromatic heterocycles. The number of carbonyl (C=O) groups excluding carboxylic acids is 2. The van der Waals surface area contributed by atoms with Crippen LogP contribution in [0.15, 0.2) is 47.1 Å². The minimum absolute atomic E-state index is 0.0544. The van der Waals surface area contributed by atoms with Gasteiger partial charge < -0.3 is 4.42 Å². The van der Waals surface area contributed by atoms with E-state index in [9.17, 15) is 9.59 Å². The van der Waals surface area contributed by atoms with Crippen molar-refractivity contribution in [1.29, 1.82) is 0 Å². The van der Waals surface area contributed by atoms with E-state index in [2.05, 4.69) is 21.7 Å². The van der Waals surface area contributed by atoms with Gasteiger partial charge in [0, 0.05) is 6.04 Å². The second-order valence-electron chi connectivity index (χ2n) is 5.37. The Morgan fingerprint density at radius 1 is 1.13 bits per heavy atom. The Hall–Kier alpha value is -2.64. The van der Waals surface area contributed by atoms with E-state index in [1.807, 2.05) is 30.3 Å². The molecule has 7 nitrogen and oxygen atoms in total. The number of nitrogens with one attached hydrogen (secondary N) is 4. The van der Waals surface area contributed by atoms with Gasteiger partial charge in [-0.25, -0.2) is 10.9 Å². The molecular weight excluding hydrogens is 296 g/mol. The van der Waals surface area contributed by atoms with Crippen LogP contribution in [0, 0.1) is 6.92 Å². The van der Waals surface area contributed by atoms with Crippen LogP contribution in [-0.4, -0.2) is 17.9 Å². The van der Waals surface area contributed by atoms with E-state index in [4.69, 9.17) is 4.42 Å². The number of hydrogen-bond acceptors (Lipinski definition) is 5. The Bertz CT molecular complexity index is 698.